The van der Waals surface area contributed by atoms with Gasteiger partial charge < -0.3 is 30.6 Å². The van der Waals surface area contributed by atoms with E-state index in [0.717, 1.165) is 10.6 Å². The van der Waals surface area contributed by atoms with Crippen molar-refractivity contribution in [3.63, 3.8) is 0 Å². The van der Waals surface area contributed by atoms with Crippen molar-refractivity contribution in [2.24, 2.45) is 18.7 Å². The van der Waals surface area contributed by atoms with Crippen LogP contribution < -0.4 is 11.1 Å². The topological polar surface area (TPSA) is 121 Å². The van der Waals surface area contributed by atoms with Gasteiger partial charge in [0.2, 0.25) is 0 Å². The minimum absolute atomic E-state index is 0.0331. The summed E-state index contributed by atoms with van der Waals surface area (Å²) in [5.74, 6) is -0.958. The van der Waals surface area contributed by atoms with Crippen LogP contribution >= 0.6 is 11.9 Å². The Kier molecular flexibility index (Phi) is 6.59. The summed E-state index contributed by atoms with van der Waals surface area (Å²) in [5, 5.41) is 20.7. The Morgan fingerprint density at radius 1 is 1.45 bits per heavy atom. The largest absolute Gasteiger partial charge is 0.464 e. The van der Waals surface area contributed by atoms with Gasteiger partial charge in [-0.1, -0.05) is 0 Å². The molecule has 2 aromatic heterocycles. The highest BCUT2D eigenvalue weighted by Gasteiger charge is 2.27. The van der Waals surface area contributed by atoms with E-state index in [1.165, 1.54) is 30.5 Å². The number of nitrogens with zero attached hydrogens (tertiary/aromatic N) is 2. The maximum Gasteiger partial charge on any atom is 0.268 e. The second kappa shape index (κ2) is 9.42. The minimum atomic E-state index is -0.402. The number of furan rings is 1. The molecular formula is C23H26FN5O3S. The maximum atomic E-state index is 14.4. The number of carbonyl (C=O) groups excluding carboxylic acids is 1. The first-order valence-corrected chi connectivity index (χ1v) is 11.2. The third-order valence-electron chi connectivity index (χ3n) is 6.04. The molecule has 1 aromatic carbocycles. The van der Waals surface area contributed by atoms with Gasteiger partial charge in [-0.3, -0.25) is 4.79 Å². The summed E-state index contributed by atoms with van der Waals surface area (Å²) in [6.45, 7) is 2.86. The number of nitrogens with two attached hydrogens (primary N) is 1. The van der Waals surface area contributed by atoms with Crippen molar-refractivity contribution in [3.8, 4) is 0 Å². The molecule has 1 aliphatic rings. The number of halogens is 1. The number of hydrogen-bond donors (Lipinski definition) is 4. The van der Waals surface area contributed by atoms with E-state index in [2.05, 4.69) is 5.32 Å². The maximum absolute atomic E-state index is 14.4. The van der Waals surface area contributed by atoms with Gasteiger partial charge in [-0.25, -0.2) is 8.70 Å². The standard InChI is InChI=1S/C23H26FN5O3S/c1-13-21(33-29-10-14(8-25)22(26)15(11-29)12-30)7-19(28(13)2)23(31)27-9-17-16-5-6-32-20(16)4-3-18(17)24/h3-8,15,25,30H,9-12,26H2,1-2H3,(H,27,31). The molecule has 0 fully saturated rings. The molecule has 1 aliphatic heterocycles. The molecule has 0 saturated heterocycles. The van der Waals surface area contributed by atoms with Crippen molar-refractivity contribution >= 4 is 35.0 Å². The predicted octanol–water partition coefficient (Wildman–Crippen LogP) is 2.94. The normalized spacial score (nSPS) is 17.0. The molecule has 33 heavy (non-hydrogen) atoms. The molecular weight excluding hydrogens is 445 g/mol. The molecule has 0 saturated carbocycles. The average molecular weight is 472 g/mol. The summed E-state index contributed by atoms with van der Waals surface area (Å²) in [6, 6.07) is 6.37. The summed E-state index contributed by atoms with van der Waals surface area (Å²) in [4.78, 5) is 13.8. The van der Waals surface area contributed by atoms with Crippen molar-refractivity contribution in [2.75, 3.05) is 19.7 Å². The molecule has 1 amide bonds. The number of benzene rings is 1. The first kappa shape index (κ1) is 23.1. The number of aromatic nitrogens is 1. The first-order chi connectivity index (χ1) is 15.8. The lowest BCUT2D eigenvalue weighted by atomic mass is 9.98. The fraction of sp³-hybridized carbons (Fsp3) is 0.304. The van der Waals surface area contributed by atoms with Crippen LogP contribution in [0.25, 0.3) is 11.0 Å². The lowest BCUT2D eigenvalue weighted by Crippen LogP contribution is -2.37. The molecule has 10 heteroatoms. The van der Waals surface area contributed by atoms with Crippen molar-refractivity contribution in [2.45, 2.75) is 18.4 Å². The molecule has 8 nitrogen and oxygen atoms in total. The number of rotatable bonds is 7. The first-order valence-electron chi connectivity index (χ1n) is 10.5. The smallest absolute Gasteiger partial charge is 0.268 e. The molecule has 1 unspecified atom stereocenters. The number of amides is 1. The SMILES string of the molecule is Cc1c(SN2CC(C=N)=C(N)C(CO)C2)cc(C(=O)NCc2c(F)ccc3occc23)n1C. The minimum Gasteiger partial charge on any atom is -0.464 e. The zero-order chi connectivity index (χ0) is 23.7. The van der Waals surface area contributed by atoms with Gasteiger partial charge in [0.05, 0.1) is 12.9 Å². The Hall–Kier alpha value is -3.08. The Labute approximate surface area is 194 Å². The molecule has 3 aromatic rings. The predicted molar refractivity (Wildman–Crippen MR) is 125 cm³/mol. The Bertz CT molecular complexity index is 1250. The number of aliphatic hydroxyl groups is 1. The van der Waals surface area contributed by atoms with Gasteiger partial charge >= 0.3 is 0 Å². The van der Waals surface area contributed by atoms with Crippen molar-refractivity contribution in [3.05, 3.63) is 64.6 Å². The van der Waals surface area contributed by atoms with Crippen LogP contribution in [0, 0.1) is 24.1 Å². The van der Waals surface area contributed by atoms with Crippen molar-refractivity contribution in [1.82, 2.24) is 14.2 Å². The lowest BCUT2D eigenvalue weighted by molar-refractivity contribution is 0.0942. The second-order valence-corrected chi connectivity index (χ2v) is 9.14. The third-order valence-corrected chi connectivity index (χ3v) is 7.19. The van der Waals surface area contributed by atoms with Crippen LogP contribution in [-0.2, 0) is 13.6 Å². The molecule has 3 heterocycles. The highest BCUT2D eigenvalue weighted by molar-refractivity contribution is 7.97. The van der Waals surface area contributed by atoms with Gasteiger partial charge in [0.15, 0.2) is 0 Å². The summed E-state index contributed by atoms with van der Waals surface area (Å²) < 4.78 is 23.5. The van der Waals surface area contributed by atoms with Crippen molar-refractivity contribution in [1.29, 1.82) is 5.41 Å². The van der Waals surface area contributed by atoms with Gasteiger partial charge in [0.25, 0.3) is 5.91 Å². The fourth-order valence-electron chi connectivity index (χ4n) is 3.94. The summed E-state index contributed by atoms with van der Waals surface area (Å²) >= 11 is 1.46. The number of hydrogen-bond acceptors (Lipinski definition) is 7. The van der Waals surface area contributed by atoms with Gasteiger partial charge in [-0.2, -0.15) is 0 Å². The molecule has 5 N–H and O–H groups in total. The van der Waals surface area contributed by atoms with Crippen molar-refractivity contribution < 1.29 is 18.7 Å². The van der Waals surface area contributed by atoms with E-state index in [-0.39, 0.29) is 25.0 Å². The highest BCUT2D eigenvalue weighted by Crippen LogP contribution is 2.33. The quantitative estimate of drug-likeness (QED) is 0.311. The van der Waals surface area contributed by atoms with Crippen LogP contribution in [0.5, 0.6) is 0 Å². The molecule has 1 atom stereocenters. The number of aliphatic hydroxyl groups excluding tert-OH is 1. The summed E-state index contributed by atoms with van der Waals surface area (Å²) in [7, 11) is 1.80. The monoisotopic (exact) mass is 471 g/mol. The van der Waals surface area contributed by atoms with E-state index in [4.69, 9.17) is 15.6 Å². The molecule has 174 valence electrons. The number of nitrogens with one attached hydrogen (secondary N) is 2. The molecule has 0 bridgehead atoms. The van der Waals surface area contributed by atoms with Crippen LogP contribution in [0.4, 0.5) is 4.39 Å². The zero-order valence-electron chi connectivity index (χ0n) is 18.4. The van der Waals surface area contributed by atoms with Crippen LogP contribution in [0.3, 0.4) is 0 Å². The van der Waals surface area contributed by atoms with Crippen LogP contribution in [0.15, 0.2) is 51.1 Å². The fourth-order valence-corrected chi connectivity index (χ4v) is 5.11. The van der Waals surface area contributed by atoms with Gasteiger partial charge in [0, 0.05) is 71.6 Å². The van der Waals surface area contributed by atoms with Gasteiger partial charge in [-0.05, 0) is 43.1 Å². The van der Waals surface area contributed by atoms with Gasteiger partial charge in [0.1, 0.15) is 17.1 Å². The van der Waals surface area contributed by atoms with Crippen LogP contribution in [0.2, 0.25) is 0 Å². The Morgan fingerprint density at radius 3 is 2.97 bits per heavy atom. The van der Waals surface area contributed by atoms with E-state index >= 15 is 0 Å². The Morgan fingerprint density at radius 2 is 2.24 bits per heavy atom. The van der Waals surface area contributed by atoms with E-state index in [1.54, 1.807) is 29.8 Å². The summed E-state index contributed by atoms with van der Waals surface area (Å²) in [5.41, 5.74) is 9.58. The average Bonchev–Trinajstić information content (AvgIpc) is 3.39. The molecule has 0 radical (unpaired) electrons. The Balaban J connectivity index is 1.50. The van der Waals surface area contributed by atoms with E-state index in [0.29, 0.717) is 46.6 Å². The van der Waals surface area contributed by atoms with E-state index in [9.17, 15) is 14.3 Å². The second-order valence-electron chi connectivity index (χ2n) is 8.00. The van der Waals surface area contributed by atoms with E-state index in [1.807, 2.05) is 11.2 Å². The molecule has 0 spiro atoms. The third kappa shape index (κ3) is 4.41. The van der Waals surface area contributed by atoms with Crippen LogP contribution in [-0.4, -0.2) is 45.8 Å². The molecule has 4 rings (SSSR count). The van der Waals surface area contributed by atoms with Gasteiger partial charge in [-0.15, -0.1) is 0 Å². The van der Waals surface area contributed by atoms with Crippen LogP contribution in [0.1, 0.15) is 21.7 Å². The zero-order valence-corrected chi connectivity index (χ0v) is 19.2. The number of carbonyl (C=O) groups is 1. The summed E-state index contributed by atoms with van der Waals surface area (Å²) in [6.07, 6.45) is 2.72. The molecule has 0 aliphatic carbocycles. The highest BCUT2D eigenvalue weighted by atomic mass is 32.2. The number of fused-ring (bicyclic) bond motifs is 1. The lowest BCUT2D eigenvalue weighted by Gasteiger charge is -2.32. The van der Waals surface area contributed by atoms with E-state index < -0.39 is 5.82 Å².